The fraction of sp³-hybridized carbons (Fsp3) is 0.375. The number of pyridine rings is 1. The Kier molecular flexibility index (Phi) is 4.62. The summed E-state index contributed by atoms with van der Waals surface area (Å²) in [6, 6.07) is 5.81. The number of likely N-dealkylation sites (N-methyl/N-ethyl adjacent to an activating group) is 1. The molecular formula is C16H22N4O. The second-order valence-corrected chi connectivity index (χ2v) is 5.30. The Balaban J connectivity index is 2.45. The molecule has 0 aliphatic carbocycles. The standard InChI is InChI=1S/C16H22N4O/c1-4-9-20(11-16(21)19(2)3)15-6-5-14(17)13-10-18-8-7-12(13)15/h5-8,10H,4,9,11,17H2,1-3H3. The van der Waals surface area contributed by atoms with Crippen LogP contribution < -0.4 is 10.6 Å². The lowest BCUT2D eigenvalue weighted by Gasteiger charge is -2.26. The zero-order valence-electron chi connectivity index (χ0n) is 12.8. The largest absolute Gasteiger partial charge is 0.398 e. The molecule has 0 unspecified atom stereocenters. The Hall–Kier alpha value is -2.30. The average molecular weight is 286 g/mol. The Labute approximate surface area is 125 Å². The highest BCUT2D eigenvalue weighted by molar-refractivity contribution is 6.01. The number of hydrogen-bond acceptors (Lipinski definition) is 4. The van der Waals surface area contributed by atoms with Crippen molar-refractivity contribution in [2.45, 2.75) is 13.3 Å². The average Bonchev–Trinajstić information content (AvgIpc) is 2.47. The van der Waals surface area contributed by atoms with Gasteiger partial charge in [0.15, 0.2) is 0 Å². The summed E-state index contributed by atoms with van der Waals surface area (Å²) in [5, 5.41) is 1.96. The number of anilines is 2. The van der Waals surface area contributed by atoms with Crippen LogP contribution in [0.2, 0.25) is 0 Å². The van der Waals surface area contributed by atoms with Gasteiger partial charge < -0.3 is 15.5 Å². The lowest BCUT2D eigenvalue weighted by molar-refractivity contribution is -0.127. The monoisotopic (exact) mass is 286 g/mol. The van der Waals surface area contributed by atoms with Gasteiger partial charge >= 0.3 is 0 Å². The molecule has 0 saturated carbocycles. The first-order valence-corrected chi connectivity index (χ1v) is 7.12. The zero-order valence-corrected chi connectivity index (χ0v) is 12.8. The molecule has 2 N–H and O–H groups in total. The minimum atomic E-state index is 0.0856. The fourth-order valence-corrected chi connectivity index (χ4v) is 2.33. The van der Waals surface area contributed by atoms with Gasteiger partial charge in [-0.25, -0.2) is 0 Å². The van der Waals surface area contributed by atoms with E-state index in [2.05, 4.69) is 16.8 Å². The molecule has 21 heavy (non-hydrogen) atoms. The first-order valence-electron chi connectivity index (χ1n) is 7.12. The molecular weight excluding hydrogens is 264 g/mol. The van der Waals surface area contributed by atoms with E-state index >= 15 is 0 Å². The maximum absolute atomic E-state index is 12.1. The first kappa shape index (κ1) is 15.1. The molecule has 0 atom stereocenters. The number of rotatable bonds is 5. The minimum absolute atomic E-state index is 0.0856. The van der Waals surface area contributed by atoms with E-state index in [0.29, 0.717) is 12.2 Å². The van der Waals surface area contributed by atoms with E-state index in [9.17, 15) is 4.79 Å². The number of fused-ring (bicyclic) bond motifs is 1. The SMILES string of the molecule is CCCN(CC(=O)N(C)C)c1ccc(N)c2cnccc12. The van der Waals surface area contributed by atoms with Crippen LogP contribution in [-0.2, 0) is 4.79 Å². The van der Waals surface area contributed by atoms with Crippen molar-refractivity contribution in [3.63, 3.8) is 0 Å². The summed E-state index contributed by atoms with van der Waals surface area (Å²) in [5.41, 5.74) is 7.75. The van der Waals surface area contributed by atoms with Gasteiger partial charge in [-0.15, -0.1) is 0 Å². The van der Waals surface area contributed by atoms with Crippen LogP contribution >= 0.6 is 0 Å². The second kappa shape index (κ2) is 6.43. The number of nitrogens with two attached hydrogens (primary N) is 1. The van der Waals surface area contributed by atoms with Crippen LogP contribution in [0.15, 0.2) is 30.6 Å². The van der Waals surface area contributed by atoms with Crippen molar-refractivity contribution in [1.82, 2.24) is 9.88 Å². The van der Waals surface area contributed by atoms with E-state index in [1.54, 1.807) is 31.4 Å². The van der Waals surface area contributed by atoms with Crippen LogP contribution in [0, 0.1) is 0 Å². The van der Waals surface area contributed by atoms with Gasteiger partial charge in [-0.3, -0.25) is 9.78 Å². The van der Waals surface area contributed by atoms with Crippen LogP contribution in [0.4, 0.5) is 11.4 Å². The van der Waals surface area contributed by atoms with Gasteiger partial charge in [0, 0.05) is 55.2 Å². The Morgan fingerprint density at radius 1 is 1.24 bits per heavy atom. The van der Waals surface area contributed by atoms with Crippen molar-refractivity contribution in [2.24, 2.45) is 0 Å². The highest BCUT2D eigenvalue weighted by atomic mass is 16.2. The molecule has 1 aromatic heterocycles. The van der Waals surface area contributed by atoms with Crippen molar-refractivity contribution in [3.05, 3.63) is 30.6 Å². The normalized spacial score (nSPS) is 10.6. The topological polar surface area (TPSA) is 62.5 Å². The predicted molar refractivity (Wildman–Crippen MR) is 87.4 cm³/mol. The molecule has 1 aromatic carbocycles. The molecule has 5 nitrogen and oxygen atoms in total. The van der Waals surface area contributed by atoms with Crippen LogP contribution in [0.3, 0.4) is 0 Å². The van der Waals surface area contributed by atoms with Crippen LogP contribution in [0.25, 0.3) is 10.8 Å². The van der Waals surface area contributed by atoms with E-state index in [4.69, 9.17) is 5.73 Å². The van der Waals surface area contributed by atoms with E-state index in [1.165, 1.54) is 0 Å². The minimum Gasteiger partial charge on any atom is -0.398 e. The summed E-state index contributed by atoms with van der Waals surface area (Å²) in [4.78, 5) is 19.9. The smallest absolute Gasteiger partial charge is 0.241 e. The van der Waals surface area contributed by atoms with Crippen LogP contribution in [-0.4, -0.2) is 43.0 Å². The van der Waals surface area contributed by atoms with E-state index in [1.807, 2.05) is 18.2 Å². The highest BCUT2D eigenvalue weighted by Crippen LogP contribution is 2.30. The summed E-state index contributed by atoms with van der Waals surface area (Å²) in [6.07, 6.45) is 4.49. The number of hydrogen-bond donors (Lipinski definition) is 1. The Morgan fingerprint density at radius 3 is 2.67 bits per heavy atom. The molecule has 1 heterocycles. The van der Waals surface area contributed by atoms with E-state index in [0.717, 1.165) is 29.4 Å². The third-order valence-corrected chi connectivity index (χ3v) is 3.49. The molecule has 0 radical (unpaired) electrons. The molecule has 2 rings (SSSR count). The summed E-state index contributed by atoms with van der Waals surface area (Å²) in [7, 11) is 3.55. The van der Waals surface area contributed by atoms with Crippen molar-refractivity contribution in [3.8, 4) is 0 Å². The van der Waals surface area contributed by atoms with Crippen molar-refractivity contribution < 1.29 is 4.79 Å². The number of aromatic nitrogens is 1. The molecule has 1 amide bonds. The van der Waals surface area contributed by atoms with Gasteiger partial charge in [-0.1, -0.05) is 6.92 Å². The number of nitrogen functional groups attached to an aromatic ring is 1. The summed E-state index contributed by atoms with van der Waals surface area (Å²) in [5.74, 6) is 0.0856. The second-order valence-electron chi connectivity index (χ2n) is 5.30. The molecule has 0 saturated heterocycles. The van der Waals surface area contributed by atoms with Crippen molar-refractivity contribution in [2.75, 3.05) is 37.8 Å². The van der Waals surface area contributed by atoms with Gasteiger partial charge in [-0.05, 0) is 24.6 Å². The molecule has 0 fully saturated rings. The maximum Gasteiger partial charge on any atom is 0.241 e. The predicted octanol–water partition coefficient (Wildman–Crippen LogP) is 2.12. The number of nitrogens with zero attached hydrogens (tertiary/aromatic N) is 3. The van der Waals surface area contributed by atoms with Gasteiger partial charge in [0.2, 0.25) is 5.91 Å². The molecule has 0 aliphatic heterocycles. The van der Waals surface area contributed by atoms with E-state index in [-0.39, 0.29) is 5.91 Å². The summed E-state index contributed by atoms with van der Waals surface area (Å²) < 4.78 is 0. The van der Waals surface area contributed by atoms with Gasteiger partial charge in [0.05, 0.1) is 6.54 Å². The van der Waals surface area contributed by atoms with Crippen LogP contribution in [0.1, 0.15) is 13.3 Å². The van der Waals surface area contributed by atoms with Crippen LogP contribution in [0.5, 0.6) is 0 Å². The van der Waals surface area contributed by atoms with Crippen molar-refractivity contribution in [1.29, 1.82) is 0 Å². The quantitative estimate of drug-likeness (QED) is 0.855. The molecule has 0 bridgehead atoms. The summed E-state index contributed by atoms with van der Waals surface area (Å²) in [6.45, 7) is 3.29. The first-order chi connectivity index (χ1) is 10.0. The van der Waals surface area contributed by atoms with Crippen molar-refractivity contribution >= 4 is 28.1 Å². The number of benzene rings is 1. The molecule has 0 spiro atoms. The molecule has 2 aromatic rings. The maximum atomic E-state index is 12.1. The number of carbonyl (C=O) groups is 1. The van der Waals surface area contributed by atoms with Gasteiger partial charge in [-0.2, -0.15) is 0 Å². The van der Waals surface area contributed by atoms with E-state index < -0.39 is 0 Å². The van der Waals surface area contributed by atoms with Gasteiger partial charge in [0.1, 0.15) is 0 Å². The van der Waals surface area contributed by atoms with Gasteiger partial charge in [0.25, 0.3) is 0 Å². The lowest BCUT2D eigenvalue weighted by Crippen LogP contribution is -2.37. The molecule has 112 valence electrons. The number of amides is 1. The lowest BCUT2D eigenvalue weighted by atomic mass is 10.1. The highest BCUT2D eigenvalue weighted by Gasteiger charge is 2.15. The number of carbonyl (C=O) groups excluding carboxylic acids is 1. The summed E-state index contributed by atoms with van der Waals surface area (Å²) >= 11 is 0. The zero-order chi connectivity index (χ0) is 15.4. The Bertz CT molecular complexity index is 639. The third-order valence-electron chi connectivity index (χ3n) is 3.49. The third kappa shape index (κ3) is 3.24. The Morgan fingerprint density at radius 2 is 2.00 bits per heavy atom. The molecule has 0 aliphatic rings. The molecule has 5 heteroatoms. The fourth-order valence-electron chi connectivity index (χ4n) is 2.33.